The molecule has 2 aromatic carbocycles. The first-order chi connectivity index (χ1) is 13.6. The van der Waals surface area contributed by atoms with Crippen molar-refractivity contribution in [1.29, 1.82) is 0 Å². The Bertz CT molecular complexity index is 920. The average molecular weight is 406 g/mol. The molecule has 0 radical (unpaired) electrons. The molecule has 3 N–H and O–H groups in total. The fourth-order valence-electron chi connectivity index (χ4n) is 2.18. The Hall–Kier alpha value is -3.62. The lowest BCUT2D eigenvalue weighted by atomic mass is 10.1. The van der Waals surface area contributed by atoms with E-state index in [0.717, 1.165) is 18.2 Å². The third kappa shape index (κ3) is 6.49. The molecule has 0 spiro atoms. The van der Waals surface area contributed by atoms with E-state index >= 15 is 0 Å². The second-order valence-corrected chi connectivity index (χ2v) is 5.96. The number of hydrogen-bond donors (Lipinski definition) is 2. The van der Waals surface area contributed by atoms with Crippen molar-refractivity contribution in [2.24, 2.45) is 5.73 Å². The lowest BCUT2D eigenvalue weighted by molar-refractivity contribution is -0.148. The topological polar surface area (TPSA) is 98.5 Å². The number of hydrogen-bond acceptors (Lipinski definition) is 4. The maximum absolute atomic E-state index is 12.5. The molecule has 6 nitrogen and oxygen atoms in total. The molecule has 0 fully saturated rings. The Morgan fingerprint density at radius 2 is 1.62 bits per heavy atom. The molecule has 1 atom stereocenters. The van der Waals surface area contributed by atoms with Crippen LogP contribution in [0.3, 0.4) is 0 Å². The molecule has 152 valence electrons. The molecule has 0 heterocycles. The summed E-state index contributed by atoms with van der Waals surface area (Å²) in [6, 6.07) is 10.0. The average Bonchev–Trinajstić information content (AvgIpc) is 2.66. The molecule has 0 aliphatic heterocycles. The fourth-order valence-corrected chi connectivity index (χ4v) is 2.18. The van der Waals surface area contributed by atoms with E-state index in [2.05, 4.69) is 5.32 Å². The monoisotopic (exact) mass is 406 g/mol. The Morgan fingerprint density at radius 1 is 1.03 bits per heavy atom. The normalized spacial score (nSPS) is 12.4. The van der Waals surface area contributed by atoms with Gasteiger partial charge in [0.05, 0.1) is 5.56 Å². The number of halogens is 3. The molecular weight excluding hydrogens is 389 g/mol. The van der Waals surface area contributed by atoms with E-state index in [4.69, 9.17) is 10.5 Å². The number of carbonyl (C=O) groups is 3. The second-order valence-electron chi connectivity index (χ2n) is 5.96. The van der Waals surface area contributed by atoms with Crippen LogP contribution in [0.1, 0.15) is 28.4 Å². The molecular formula is C20H17F3N2O4. The molecule has 2 rings (SSSR count). The lowest BCUT2D eigenvalue weighted by Crippen LogP contribution is -2.29. The van der Waals surface area contributed by atoms with Gasteiger partial charge in [-0.2, -0.15) is 13.2 Å². The van der Waals surface area contributed by atoms with Crippen LogP contribution in [0.5, 0.6) is 0 Å². The van der Waals surface area contributed by atoms with Crippen molar-refractivity contribution in [3.63, 3.8) is 0 Å². The minimum absolute atomic E-state index is 0.274. The van der Waals surface area contributed by atoms with Gasteiger partial charge in [-0.1, -0.05) is 12.1 Å². The van der Waals surface area contributed by atoms with Crippen molar-refractivity contribution in [3.05, 3.63) is 71.3 Å². The third-order valence-electron chi connectivity index (χ3n) is 3.75. The first-order valence-electron chi connectivity index (χ1n) is 8.33. The highest BCUT2D eigenvalue weighted by Gasteiger charge is 2.29. The van der Waals surface area contributed by atoms with Gasteiger partial charge in [-0.05, 0) is 55.0 Å². The molecule has 1 unspecified atom stereocenters. The highest BCUT2D eigenvalue weighted by Crippen LogP contribution is 2.29. The SMILES string of the molecule is CC(OC(=O)/C=C/c1ccc(C(F)(F)F)cc1)C(=O)Nc1ccc(C(N)=O)cc1. The van der Waals surface area contributed by atoms with E-state index in [9.17, 15) is 27.6 Å². The minimum atomic E-state index is -4.44. The predicted molar refractivity (Wildman–Crippen MR) is 99.6 cm³/mol. The van der Waals surface area contributed by atoms with E-state index in [1.165, 1.54) is 49.4 Å². The number of esters is 1. The van der Waals surface area contributed by atoms with Gasteiger partial charge in [0.1, 0.15) is 0 Å². The summed E-state index contributed by atoms with van der Waals surface area (Å²) in [6.45, 7) is 1.36. The first-order valence-corrected chi connectivity index (χ1v) is 8.33. The zero-order valence-electron chi connectivity index (χ0n) is 15.2. The number of alkyl halides is 3. The molecule has 2 aromatic rings. The fraction of sp³-hybridized carbons (Fsp3) is 0.150. The summed E-state index contributed by atoms with van der Waals surface area (Å²) in [5.74, 6) is -2.05. The van der Waals surface area contributed by atoms with Crippen LogP contribution >= 0.6 is 0 Å². The minimum Gasteiger partial charge on any atom is -0.449 e. The molecule has 0 bridgehead atoms. The van der Waals surface area contributed by atoms with Crippen LogP contribution < -0.4 is 11.1 Å². The van der Waals surface area contributed by atoms with E-state index in [-0.39, 0.29) is 5.56 Å². The largest absolute Gasteiger partial charge is 0.449 e. The predicted octanol–water partition coefficient (Wildman–Crippen LogP) is 3.39. The highest BCUT2D eigenvalue weighted by atomic mass is 19.4. The maximum atomic E-state index is 12.5. The van der Waals surface area contributed by atoms with Crippen LogP contribution in [0.4, 0.5) is 18.9 Å². The van der Waals surface area contributed by atoms with Crippen molar-refractivity contribution < 1.29 is 32.3 Å². The molecule has 0 aliphatic carbocycles. The summed E-state index contributed by atoms with van der Waals surface area (Å²) in [5.41, 5.74) is 5.34. The summed E-state index contributed by atoms with van der Waals surface area (Å²) in [6.07, 6.45) is -3.29. The van der Waals surface area contributed by atoms with E-state index < -0.39 is 35.6 Å². The van der Waals surface area contributed by atoms with Crippen LogP contribution in [-0.4, -0.2) is 23.9 Å². The number of amides is 2. The molecule has 2 amide bonds. The smallest absolute Gasteiger partial charge is 0.416 e. The lowest BCUT2D eigenvalue weighted by Gasteiger charge is -2.12. The number of carbonyl (C=O) groups excluding carboxylic acids is 3. The summed E-state index contributed by atoms with van der Waals surface area (Å²) in [5, 5.41) is 2.51. The van der Waals surface area contributed by atoms with Crippen molar-refractivity contribution in [3.8, 4) is 0 Å². The molecule has 0 saturated heterocycles. The van der Waals surface area contributed by atoms with Gasteiger partial charge >= 0.3 is 12.1 Å². The zero-order valence-corrected chi connectivity index (χ0v) is 15.2. The quantitative estimate of drug-likeness (QED) is 0.568. The van der Waals surface area contributed by atoms with Gasteiger partial charge < -0.3 is 15.8 Å². The van der Waals surface area contributed by atoms with Crippen molar-refractivity contribution in [2.45, 2.75) is 19.2 Å². The number of nitrogens with two attached hydrogens (primary N) is 1. The van der Waals surface area contributed by atoms with Crippen LogP contribution in [0.2, 0.25) is 0 Å². The second kappa shape index (κ2) is 9.05. The van der Waals surface area contributed by atoms with Gasteiger partial charge in [0, 0.05) is 17.3 Å². The van der Waals surface area contributed by atoms with Crippen LogP contribution in [0, 0.1) is 0 Å². The Kier molecular flexibility index (Phi) is 6.76. The van der Waals surface area contributed by atoms with Crippen molar-refractivity contribution in [1.82, 2.24) is 0 Å². The van der Waals surface area contributed by atoms with Gasteiger partial charge in [-0.3, -0.25) is 9.59 Å². The molecule has 29 heavy (non-hydrogen) atoms. The zero-order chi connectivity index (χ0) is 21.6. The van der Waals surface area contributed by atoms with Gasteiger partial charge in [-0.15, -0.1) is 0 Å². The van der Waals surface area contributed by atoms with E-state index in [1.807, 2.05) is 0 Å². The highest BCUT2D eigenvalue weighted by molar-refractivity contribution is 5.97. The number of anilines is 1. The number of ether oxygens (including phenoxy) is 1. The van der Waals surface area contributed by atoms with Gasteiger partial charge in [0.2, 0.25) is 5.91 Å². The first kappa shape index (κ1) is 21.7. The summed E-state index contributed by atoms with van der Waals surface area (Å²) in [4.78, 5) is 34.9. The van der Waals surface area contributed by atoms with Crippen molar-refractivity contribution >= 4 is 29.5 Å². The van der Waals surface area contributed by atoms with E-state index in [0.29, 0.717) is 11.3 Å². The molecule has 0 aliphatic rings. The van der Waals surface area contributed by atoms with E-state index in [1.54, 1.807) is 0 Å². The van der Waals surface area contributed by atoms with Crippen LogP contribution in [0.15, 0.2) is 54.6 Å². The van der Waals surface area contributed by atoms with Gasteiger partial charge in [0.15, 0.2) is 6.10 Å². The molecule has 9 heteroatoms. The summed E-state index contributed by atoms with van der Waals surface area (Å²) < 4.78 is 42.5. The van der Waals surface area contributed by atoms with Gasteiger partial charge in [0.25, 0.3) is 5.91 Å². The van der Waals surface area contributed by atoms with Crippen LogP contribution in [0.25, 0.3) is 6.08 Å². The Balaban J connectivity index is 1.89. The van der Waals surface area contributed by atoms with Gasteiger partial charge in [-0.25, -0.2) is 4.79 Å². The number of rotatable bonds is 6. The summed E-state index contributed by atoms with van der Waals surface area (Å²) in [7, 11) is 0. The Morgan fingerprint density at radius 3 is 2.14 bits per heavy atom. The standard InChI is InChI=1S/C20H17F3N2O4/c1-12(19(28)25-16-9-5-14(6-10-16)18(24)27)29-17(26)11-4-13-2-7-15(8-3-13)20(21,22)23/h2-12H,1H3,(H2,24,27)(H,25,28)/b11-4+. The summed E-state index contributed by atoms with van der Waals surface area (Å²) >= 11 is 0. The van der Waals surface area contributed by atoms with Crippen molar-refractivity contribution in [2.75, 3.05) is 5.32 Å². The number of primary amides is 1. The van der Waals surface area contributed by atoms with Crippen LogP contribution in [-0.2, 0) is 20.5 Å². The third-order valence-corrected chi connectivity index (χ3v) is 3.75. The molecule has 0 saturated carbocycles. The number of nitrogens with one attached hydrogen (secondary N) is 1. The Labute approximate surface area is 164 Å². The molecule has 0 aromatic heterocycles. The maximum Gasteiger partial charge on any atom is 0.416 e. The number of benzene rings is 2.